The van der Waals surface area contributed by atoms with Crippen molar-refractivity contribution in [2.24, 2.45) is 0 Å². The monoisotopic (exact) mass is 277 g/mol. The molecule has 0 atom stereocenters. The second kappa shape index (κ2) is 6.86. The molecule has 0 aliphatic rings. The number of nitrogens with zero attached hydrogens (tertiary/aromatic N) is 1. The summed E-state index contributed by atoms with van der Waals surface area (Å²) in [4.78, 5) is 14.0. The van der Waals surface area contributed by atoms with Gasteiger partial charge in [-0.05, 0) is 30.3 Å². The highest BCUT2D eigenvalue weighted by Crippen LogP contribution is 2.11. The summed E-state index contributed by atoms with van der Waals surface area (Å²) in [5, 5.41) is 0. The van der Waals surface area contributed by atoms with Crippen LogP contribution in [0, 0.1) is 5.82 Å². The molecule has 1 aromatic heterocycles. The lowest BCUT2D eigenvalue weighted by molar-refractivity contribution is 0.0666. The number of carbonyl (C=O) groups excluding carboxylic acids is 1. The highest BCUT2D eigenvalue weighted by Gasteiger charge is 2.17. The Morgan fingerprint density at radius 1 is 1.35 bits per heavy atom. The van der Waals surface area contributed by atoms with Gasteiger partial charge in [0.1, 0.15) is 11.6 Å². The molecule has 2 rings (SSSR count). The van der Waals surface area contributed by atoms with Crippen molar-refractivity contribution in [2.75, 3.05) is 20.3 Å². The zero-order valence-corrected chi connectivity index (χ0v) is 11.2. The van der Waals surface area contributed by atoms with E-state index in [1.54, 1.807) is 36.5 Å². The van der Waals surface area contributed by atoms with Gasteiger partial charge in [0, 0.05) is 19.2 Å². The number of rotatable bonds is 6. The van der Waals surface area contributed by atoms with Gasteiger partial charge in [0.05, 0.1) is 19.4 Å². The predicted molar refractivity (Wildman–Crippen MR) is 71.7 cm³/mol. The van der Waals surface area contributed by atoms with Crippen LogP contribution in [-0.4, -0.2) is 31.1 Å². The van der Waals surface area contributed by atoms with Crippen LogP contribution in [-0.2, 0) is 11.3 Å². The van der Waals surface area contributed by atoms with Crippen molar-refractivity contribution in [1.82, 2.24) is 4.90 Å². The number of ether oxygens (including phenoxy) is 1. The molecule has 2 aromatic rings. The van der Waals surface area contributed by atoms with Gasteiger partial charge in [-0.15, -0.1) is 0 Å². The van der Waals surface area contributed by atoms with Crippen molar-refractivity contribution in [3.8, 4) is 0 Å². The third-order valence-electron chi connectivity index (χ3n) is 2.85. The number of furan rings is 1. The Bertz CT molecular complexity index is 554. The average molecular weight is 277 g/mol. The first kappa shape index (κ1) is 14.3. The van der Waals surface area contributed by atoms with Gasteiger partial charge >= 0.3 is 0 Å². The van der Waals surface area contributed by atoms with Gasteiger partial charge in [0.15, 0.2) is 0 Å². The van der Waals surface area contributed by atoms with E-state index in [9.17, 15) is 9.18 Å². The van der Waals surface area contributed by atoms with E-state index in [2.05, 4.69) is 0 Å². The van der Waals surface area contributed by atoms with Gasteiger partial charge in [-0.2, -0.15) is 0 Å². The van der Waals surface area contributed by atoms with Crippen LogP contribution < -0.4 is 0 Å². The molecule has 0 aliphatic heterocycles. The number of amides is 1. The second-order valence-corrected chi connectivity index (χ2v) is 4.31. The van der Waals surface area contributed by atoms with Crippen molar-refractivity contribution in [3.05, 3.63) is 59.8 Å². The molecule has 4 nitrogen and oxygen atoms in total. The molecule has 5 heteroatoms. The van der Waals surface area contributed by atoms with E-state index >= 15 is 0 Å². The van der Waals surface area contributed by atoms with Crippen molar-refractivity contribution in [3.63, 3.8) is 0 Å². The number of benzene rings is 1. The maximum Gasteiger partial charge on any atom is 0.254 e. The molecule has 1 amide bonds. The molecule has 20 heavy (non-hydrogen) atoms. The molecule has 0 aliphatic carbocycles. The lowest BCUT2D eigenvalue weighted by atomic mass is 10.2. The molecule has 106 valence electrons. The first-order valence-electron chi connectivity index (χ1n) is 6.27. The lowest BCUT2D eigenvalue weighted by Crippen LogP contribution is -2.33. The fourth-order valence-corrected chi connectivity index (χ4v) is 1.85. The van der Waals surface area contributed by atoms with Gasteiger partial charge < -0.3 is 14.1 Å². The van der Waals surface area contributed by atoms with Crippen LogP contribution in [0.2, 0.25) is 0 Å². The SMILES string of the molecule is COCCN(Cc1ccco1)C(=O)c1cccc(F)c1. The Morgan fingerprint density at radius 2 is 2.20 bits per heavy atom. The predicted octanol–water partition coefficient (Wildman–Crippen LogP) is 2.71. The van der Waals surface area contributed by atoms with Gasteiger partial charge in [0.25, 0.3) is 5.91 Å². The summed E-state index contributed by atoms with van der Waals surface area (Å²) in [5.41, 5.74) is 0.313. The Labute approximate surface area is 116 Å². The molecule has 0 unspecified atom stereocenters. The van der Waals surface area contributed by atoms with E-state index in [0.29, 0.717) is 31.0 Å². The largest absolute Gasteiger partial charge is 0.467 e. The Kier molecular flexibility index (Phi) is 4.90. The van der Waals surface area contributed by atoms with Gasteiger partial charge in [0.2, 0.25) is 0 Å². The van der Waals surface area contributed by atoms with Crippen molar-refractivity contribution >= 4 is 5.91 Å². The molecular weight excluding hydrogens is 261 g/mol. The van der Waals surface area contributed by atoms with Crippen LogP contribution in [0.25, 0.3) is 0 Å². The fourth-order valence-electron chi connectivity index (χ4n) is 1.85. The van der Waals surface area contributed by atoms with Crippen LogP contribution >= 0.6 is 0 Å². The minimum Gasteiger partial charge on any atom is -0.467 e. The van der Waals surface area contributed by atoms with E-state index < -0.39 is 5.82 Å². The van der Waals surface area contributed by atoms with Crippen LogP contribution in [0.4, 0.5) is 4.39 Å². The molecule has 0 radical (unpaired) electrons. The number of hydrogen-bond donors (Lipinski definition) is 0. The number of halogens is 1. The smallest absolute Gasteiger partial charge is 0.254 e. The van der Waals surface area contributed by atoms with Crippen LogP contribution in [0.3, 0.4) is 0 Å². The van der Waals surface area contributed by atoms with Crippen LogP contribution in [0.1, 0.15) is 16.1 Å². The van der Waals surface area contributed by atoms with E-state index in [4.69, 9.17) is 9.15 Å². The van der Waals surface area contributed by atoms with Crippen molar-refractivity contribution in [2.45, 2.75) is 6.54 Å². The second-order valence-electron chi connectivity index (χ2n) is 4.31. The Hall–Kier alpha value is -2.14. The number of carbonyl (C=O) groups is 1. The summed E-state index contributed by atoms with van der Waals surface area (Å²) >= 11 is 0. The zero-order valence-electron chi connectivity index (χ0n) is 11.2. The van der Waals surface area contributed by atoms with Crippen LogP contribution in [0.15, 0.2) is 47.1 Å². The molecule has 0 saturated heterocycles. The molecule has 0 N–H and O–H groups in total. The zero-order chi connectivity index (χ0) is 14.4. The minimum atomic E-state index is -0.430. The molecule has 0 fully saturated rings. The van der Waals surface area contributed by atoms with Gasteiger partial charge in [-0.25, -0.2) is 4.39 Å². The third-order valence-corrected chi connectivity index (χ3v) is 2.85. The van der Waals surface area contributed by atoms with E-state index in [0.717, 1.165) is 0 Å². The summed E-state index contributed by atoms with van der Waals surface area (Å²) in [6, 6.07) is 9.19. The molecule has 1 aromatic carbocycles. The Morgan fingerprint density at radius 3 is 2.85 bits per heavy atom. The van der Waals surface area contributed by atoms with Crippen molar-refractivity contribution in [1.29, 1.82) is 0 Å². The molecule has 1 heterocycles. The van der Waals surface area contributed by atoms with E-state index in [1.165, 1.54) is 18.2 Å². The summed E-state index contributed by atoms with van der Waals surface area (Å²) in [5.74, 6) is -0.00986. The molecule has 0 saturated carbocycles. The standard InChI is InChI=1S/C15H16FNO3/c1-19-9-7-17(11-14-6-3-8-20-14)15(18)12-4-2-5-13(16)10-12/h2-6,8,10H,7,9,11H2,1H3. The highest BCUT2D eigenvalue weighted by atomic mass is 19.1. The summed E-state index contributed by atoms with van der Waals surface area (Å²) in [6.45, 7) is 1.14. The fraction of sp³-hybridized carbons (Fsp3) is 0.267. The van der Waals surface area contributed by atoms with E-state index in [-0.39, 0.29) is 5.91 Å². The third kappa shape index (κ3) is 3.68. The summed E-state index contributed by atoms with van der Waals surface area (Å²) in [6.07, 6.45) is 1.55. The topological polar surface area (TPSA) is 42.7 Å². The summed E-state index contributed by atoms with van der Waals surface area (Å²) < 4.78 is 23.5. The Balaban J connectivity index is 2.14. The average Bonchev–Trinajstić information content (AvgIpc) is 2.95. The first-order valence-corrected chi connectivity index (χ1v) is 6.27. The van der Waals surface area contributed by atoms with Crippen molar-refractivity contribution < 1.29 is 18.3 Å². The summed E-state index contributed by atoms with van der Waals surface area (Å²) in [7, 11) is 1.57. The van der Waals surface area contributed by atoms with Crippen LogP contribution in [0.5, 0.6) is 0 Å². The quantitative estimate of drug-likeness (QED) is 0.815. The molecule has 0 spiro atoms. The maximum atomic E-state index is 13.2. The normalized spacial score (nSPS) is 10.5. The maximum absolute atomic E-state index is 13.2. The lowest BCUT2D eigenvalue weighted by Gasteiger charge is -2.21. The minimum absolute atomic E-state index is 0.252. The molecule has 0 bridgehead atoms. The number of methoxy groups -OCH3 is 1. The molecular formula is C15H16FNO3. The highest BCUT2D eigenvalue weighted by molar-refractivity contribution is 5.94. The first-order chi connectivity index (χ1) is 9.70. The van der Waals surface area contributed by atoms with E-state index in [1.807, 2.05) is 0 Å². The van der Waals surface area contributed by atoms with Gasteiger partial charge in [-0.3, -0.25) is 4.79 Å². The number of hydrogen-bond acceptors (Lipinski definition) is 3. The van der Waals surface area contributed by atoms with Gasteiger partial charge in [-0.1, -0.05) is 6.07 Å².